The second-order valence-electron chi connectivity index (χ2n) is 4.74. The molecule has 0 fully saturated rings. The highest BCUT2D eigenvalue weighted by atomic mass is 16.5. The molecule has 2 nitrogen and oxygen atoms in total. The molecule has 1 aliphatic carbocycles. The van der Waals surface area contributed by atoms with Crippen molar-refractivity contribution in [2.24, 2.45) is 0 Å². The second kappa shape index (κ2) is 6.39. The highest BCUT2D eigenvalue weighted by Crippen LogP contribution is 2.21. The largest absolute Gasteiger partial charge is 0.497 e. The van der Waals surface area contributed by atoms with Crippen LogP contribution in [0.1, 0.15) is 48.9 Å². The molecular weight excluding hydrogens is 224 g/mol. The molecule has 0 bridgehead atoms. The molecule has 0 aromatic heterocycles. The Bertz CT molecular complexity index is 429. The Labute approximate surface area is 109 Å². The van der Waals surface area contributed by atoms with Crippen LogP contribution in [-0.2, 0) is 0 Å². The SMILES string of the molecule is COc1ccc(C(=O)/C2=C/CCCCCC2)cc1. The van der Waals surface area contributed by atoms with Crippen molar-refractivity contribution in [3.8, 4) is 5.75 Å². The number of Topliss-reactive ketones (excluding diaryl/α,β-unsaturated/α-hetero) is 1. The molecule has 1 aliphatic rings. The number of ketones is 1. The van der Waals surface area contributed by atoms with Gasteiger partial charge in [0, 0.05) is 5.56 Å². The lowest BCUT2D eigenvalue weighted by Gasteiger charge is -2.10. The standard InChI is InChI=1S/C16H20O2/c1-18-15-11-9-14(10-12-15)16(17)13-7-5-3-2-4-6-8-13/h7,9-12H,2-6,8H2,1H3/b13-7+. The minimum Gasteiger partial charge on any atom is -0.497 e. The van der Waals surface area contributed by atoms with Gasteiger partial charge in [0.05, 0.1) is 7.11 Å². The molecule has 1 aromatic carbocycles. The normalized spacial score (nSPS) is 19.3. The van der Waals surface area contributed by atoms with E-state index in [0.717, 1.165) is 36.1 Å². The first-order valence-corrected chi connectivity index (χ1v) is 6.69. The van der Waals surface area contributed by atoms with Gasteiger partial charge in [-0.2, -0.15) is 0 Å². The minimum absolute atomic E-state index is 0.180. The van der Waals surface area contributed by atoms with Crippen molar-refractivity contribution in [3.05, 3.63) is 41.5 Å². The van der Waals surface area contributed by atoms with E-state index in [1.165, 1.54) is 19.3 Å². The minimum atomic E-state index is 0.180. The van der Waals surface area contributed by atoms with Gasteiger partial charge in [0.2, 0.25) is 0 Å². The molecule has 0 aliphatic heterocycles. The van der Waals surface area contributed by atoms with Crippen LogP contribution in [0.5, 0.6) is 5.75 Å². The van der Waals surface area contributed by atoms with E-state index in [2.05, 4.69) is 6.08 Å². The van der Waals surface area contributed by atoms with E-state index in [1.807, 2.05) is 24.3 Å². The maximum atomic E-state index is 12.4. The summed E-state index contributed by atoms with van der Waals surface area (Å²) in [6, 6.07) is 7.38. The van der Waals surface area contributed by atoms with Gasteiger partial charge in [0.25, 0.3) is 0 Å². The van der Waals surface area contributed by atoms with Crippen LogP contribution in [0.3, 0.4) is 0 Å². The monoisotopic (exact) mass is 244 g/mol. The fourth-order valence-corrected chi connectivity index (χ4v) is 2.33. The van der Waals surface area contributed by atoms with Gasteiger partial charge in [-0.25, -0.2) is 0 Å². The number of hydrogen-bond donors (Lipinski definition) is 0. The van der Waals surface area contributed by atoms with Gasteiger partial charge in [-0.15, -0.1) is 0 Å². The van der Waals surface area contributed by atoms with Crippen LogP contribution >= 0.6 is 0 Å². The second-order valence-corrected chi connectivity index (χ2v) is 4.74. The van der Waals surface area contributed by atoms with E-state index in [0.29, 0.717) is 0 Å². The Morgan fingerprint density at radius 3 is 2.50 bits per heavy atom. The van der Waals surface area contributed by atoms with Gasteiger partial charge in [-0.1, -0.05) is 18.9 Å². The zero-order valence-electron chi connectivity index (χ0n) is 10.9. The Balaban J connectivity index is 2.13. The Morgan fingerprint density at radius 2 is 1.78 bits per heavy atom. The first-order valence-electron chi connectivity index (χ1n) is 6.69. The fourth-order valence-electron chi connectivity index (χ4n) is 2.33. The van der Waals surface area contributed by atoms with Gasteiger partial charge in [0.1, 0.15) is 5.75 Å². The molecule has 0 saturated carbocycles. The number of methoxy groups -OCH3 is 1. The molecule has 0 radical (unpaired) electrons. The summed E-state index contributed by atoms with van der Waals surface area (Å²) in [4.78, 5) is 12.4. The third-order valence-electron chi connectivity index (χ3n) is 3.43. The van der Waals surface area contributed by atoms with E-state index in [9.17, 15) is 4.79 Å². The topological polar surface area (TPSA) is 26.3 Å². The number of benzene rings is 1. The van der Waals surface area contributed by atoms with E-state index in [1.54, 1.807) is 7.11 Å². The Hall–Kier alpha value is -1.57. The van der Waals surface area contributed by atoms with Crippen molar-refractivity contribution >= 4 is 5.78 Å². The summed E-state index contributed by atoms with van der Waals surface area (Å²) in [6.07, 6.45) is 8.97. The number of rotatable bonds is 3. The van der Waals surface area contributed by atoms with Crippen LogP contribution in [0.2, 0.25) is 0 Å². The summed E-state index contributed by atoms with van der Waals surface area (Å²) in [5.41, 5.74) is 1.75. The molecule has 96 valence electrons. The van der Waals surface area contributed by atoms with Gasteiger partial charge in [-0.3, -0.25) is 4.79 Å². The lowest BCUT2D eigenvalue weighted by Crippen LogP contribution is -2.05. The smallest absolute Gasteiger partial charge is 0.188 e. The average Bonchev–Trinajstić information content (AvgIpc) is 2.38. The Morgan fingerprint density at radius 1 is 1.06 bits per heavy atom. The molecule has 0 saturated heterocycles. The molecule has 0 atom stereocenters. The summed E-state index contributed by atoms with van der Waals surface area (Å²) >= 11 is 0. The fraction of sp³-hybridized carbons (Fsp3) is 0.438. The quantitative estimate of drug-likeness (QED) is 0.746. The van der Waals surface area contributed by atoms with Crippen molar-refractivity contribution in [2.75, 3.05) is 7.11 Å². The van der Waals surface area contributed by atoms with E-state index < -0.39 is 0 Å². The molecule has 0 unspecified atom stereocenters. The average molecular weight is 244 g/mol. The molecule has 18 heavy (non-hydrogen) atoms. The van der Waals surface area contributed by atoms with Crippen molar-refractivity contribution in [1.29, 1.82) is 0 Å². The number of allylic oxidation sites excluding steroid dienone is 2. The van der Waals surface area contributed by atoms with Gasteiger partial charge < -0.3 is 4.74 Å². The zero-order valence-corrected chi connectivity index (χ0v) is 10.9. The molecule has 0 N–H and O–H groups in total. The van der Waals surface area contributed by atoms with Crippen molar-refractivity contribution in [2.45, 2.75) is 38.5 Å². The first-order chi connectivity index (χ1) is 8.81. The Kier molecular flexibility index (Phi) is 4.57. The van der Waals surface area contributed by atoms with Crippen LogP contribution in [0.15, 0.2) is 35.9 Å². The van der Waals surface area contributed by atoms with Gasteiger partial charge in [-0.05, 0) is 55.5 Å². The van der Waals surface area contributed by atoms with Crippen LogP contribution in [0.25, 0.3) is 0 Å². The van der Waals surface area contributed by atoms with Crippen molar-refractivity contribution < 1.29 is 9.53 Å². The molecule has 0 heterocycles. The molecule has 2 rings (SSSR count). The summed E-state index contributed by atoms with van der Waals surface area (Å²) < 4.78 is 5.11. The van der Waals surface area contributed by atoms with Crippen LogP contribution < -0.4 is 4.74 Å². The maximum Gasteiger partial charge on any atom is 0.188 e. The summed E-state index contributed by atoms with van der Waals surface area (Å²) in [5, 5.41) is 0. The highest BCUT2D eigenvalue weighted by molar-refractivity contribution is 6.08. The number of carbonyl (C=O) groups excluding carboxylic acids is 1. The molecule has 0 spiro atoms. The van der Waals surface area contributed by atoms with Crippen molar-refractivity contribution in [1.82, 2.24) is 0 Å². The summed E-state index contributed by atoms with van der Waals surface area (Å²) in [5.74, 6) is 0.970. The van der Waals surface area contributed by atoms with E-state index in [-0.39, 0.29) is 5.78 Å². The van der Waals surface area contributed by atoms with Crippen molar-refractivity contribution in [3.63, 3.8) is 0 Å². The first kappa shape index (κ1) is 12.9. The molecule has 1 aromatic rings. The number of ether oxygens (including phenoxy) is 1. The maximum absolute atomic E-state index is 12.4. The lowest BCUT2D eigenvalue weighted by molar-refractivity contribution is 0.102. The van der Waals surface area contributed by atoms with Gasteiger partial charge in [0.15, 0.2) is 5.78 Å². The predicted octanol–water partition coefficient (Wildman–Crippen LogP) is 4.16. The third kappa shape index (κ3) is 3.22. The van der Waals surface area contributed by atoms with Crippen LogP contribution in [0.4, 0.5) is 0 Å². The van der Waals surface area contributed by atoms with Gasteiger partial charge >= 0.3 is 0 Å². The van der Waals surface area contributed by atoms with E-state index in [4.69, 9.17) is 4.74 Å². The molecular formula is C16H20O2. The molecule has 2 heteroatoms. The van der Waals surface area contributed by atoms with Crippen LogP contribution in [0, 0.1) is 0 Å². The lowest BCUT2D eigenvalue weighted by atomic mass is 9.94. The zero-order chi connectivity index (χ0) is 12.8. The highest BCUT2D eigenvalue weighted by Gasteiger charge is 2.13. The number of carbonyl (C=O) groups is 1. The predicted molar refractivity (Wildman–Crippen MR) is 73.1 cm³/mol. The third-order valence-corrected chi connectivity index (χ3v) is 3.43. The van der Waals surface area contributed by atoms with E-state index >= 15 is 0 Å². The number of hydrogen-bond acceptors (Lipinski definition) is 2. The summed E-state index contributed by atoms with van der Waals surface area (Å²) in [6.45, 7) is 0. The van der Waals surface area contributed by atoms with Crippen LogP contribution in [-0.4, -0.2) is 12.9 Å². The molecule has 0 amide bonds. The summed E-state index contributed by atoms with van der Waals surface area (Å²) in [7, 11) is 1.63.